The van der Waals surface area contributed by atoms with Crippen LogP contribution in [0, 0.1) is 11.8 Å². The fourth-order valence-corrected chi connectivity index (χ4v) is 5.40. The minimum atomic E-state index is -0.698. The van der Waals surface area contributed by atoms with Crippen LogP contribution < -0.4 is 5.32 Å². The molecule has 1 aromatic heterocycles. The molecule has 2 fully saturated rings. The highest BCUT2D eigenvalue weighted by atomic mass is 16.6. The Bertz CT molecular complexity index is 1130. The monoisotopic (exact) mass is 618 g/mol. The molecule has 0 bridgehead atoms. The zero-order chi connectivity index (χ0) is 32.7. The number of likely N-dealkylation sites (tertiary alicyclic amines) is 1. The first-order valence-corrected chi connectivity index (χ1v) is 15.9. The molecule has 2 atom stereocenters. The molecule has 248 valence electrons. The Morgan fingerprint density at radius 3 is 2.36 bits per heavy atom. The van der Waals surface area contributed by atoms with Crippen molar-refractivity contribution in [1.82, 2.24) is 24.7 Å². The van der Waals surface area contributed by atoms with E-state index in [1.54, 1.807) is 28.0 Å². The van der Waals surface area contributed by atoms with Gasteiger partial charge in [-0.3, -0.25) is 9.59 Å². The van der Waals surface area contributed by atoms with Gasteiger partial charge in [0.25, 0.3) is 5.91 Å². The van der Waals surface area contributed by atoms with Crippen molar-refractivity contribution >= 4 is 23.7 Å². The molecule has 3 amide bonds. The van der Waals surface area contributed by atoms with Crippen LogP contribution in [0.3, 0.4) is 0 Å². The number of rotatable bonds is 10. The van der Waals surface area contributed by atoms with Gasteiger partial charge in [0.2, 0.25) is 5.91 Å². The van der Waals surface area contributed by atoms with E-state index < -0.39 is 23.7 Å². The molecule has 2 aliphatic heterocycles. The molecule has 0 spiro atoms. The summed E-state index contributed by atoms with van der Waals surface area (Å²) in [4.78, 5) is 56.1. The Hall–Kier alpha value is -2.99. The van der Waals surface area contributed by atoms with Gasteiger partial charge in [-0.05, 0) is 39.5 Å². The number of carbonyl (C=O) groups is 3. The highest BCUT2D eigenvalue weighted by Crippen LogP contribution is 2.29. The summed E-state index contributed by atoms with van der Waals surface area (Å²) < 4.78 is 16.4. The lowest BCUT2D eigenvalue weighted by Gasteiger charge is -2.44. The third-order valence-corrected chi connectivity index (χ3v) is 7.52. The van der Waals surface area contributed by atoms with Gasteiger partial charge in [-0.25, -0.2) is 14.8 Å². The summed E-state index contributed by atoms with van der Waals surface area (Å²) in [6.07, 6.45) is 2.29. The Morgan fingerprint density at radius 2 is 1.77 bits per heavy atom. The highest BCUT2D eigenvalue weighted by Gasteiger charge is 2.41. The quantitative estimate of drug-likeness (QED) is 0.390. The number of amides is 3. The third-order valence-electron chi connectivity index (χ3n) is 7.52. The van der Waals surface area contributed by atoms with Crippen molar-refractivity contribution in [3.8, 4) is 0 Å². The van der Waals surface area contributed by atoms with Crippen LogP contribution in [-0.4, -0.2) is 120 Å². The zero-order valence-corrected chi connectivity index (χ0v) is 28.3. The fourth-order valence-electron chi connectivity index (χ4n) is 5.40. The lowest BCUT2D eigenvalue weighted by molar-refractivity contribution is -0.142. The molecule has 0 saturated carbocycles. The van der Waals surface area contributed by atoms with Crippen molar-refractivity contribution in [2.75, 3.05) is 71.5 Å². The number of nitrogens with zero attached hydrogens (tertiary/aromatic N) is 5. The molecule has 1 aromatic rings. The second-order valence-corrected chi connectivity index (χ2v) is 14.2. The number of aromatic nitrogens is 2. The first kappa shape index (κ1) is 35.5. The molecular formula is C32H54N6O6. The largest absolute Gasteiger partial charge is 0.444 e. The van der Waals surface area contributed by atoms with Crippen LogP contribution in [-0.2, 0) is 24.4 Å². The normalized spacial score (nSPS) is 19.6. The van der Waals surface area contributed by atoms with Gasteiger partial charge in [0.05, 0.1) is 25.2 Å². The van der Waals surface area contributed by atoms with Gasteiger partial charge in [-0.15, -0.1) is 0 Å². The summed E-state index contributed by atoms with van der Waals surface area (Å²) in [5.74, 6) is 0.498. The van der Waals surface area contributed by atoms with Crippen LogP contribution in [0.15, 0.2) is 6.20 Å². The topological polar surface area (TPSA) is 126 Å². The van der Waals surface area contributed by atoms with E-state index in [4.69, 9.17) is 19.2 Å². The summed E-state index contributed by atoms with van der Waals surface area (Å²) in [6.45, 7) is 19.7. The Morgan fingerprint density at radius 1 is 1.09 bits per heavy atom. The molecule has 2 aliphatic rings. The molecule has 2 saturated heterocycles. The smallest absolute Gasteiger partial charge is 0.410 e. The second-order valence-electron chi connectivity index (χ2n) is 14.2. The van der Waals surface area contributed by atoms with E-state index >= 15 is 0 Å². The molecule has 1 N–H and O–H groups in total. The predicted molar refractivity (Wildman–Crippen MR) is 169 cm³/mol. The van der Waals surface area contributed by atoms with E-state index in [0.29, 0.717) is 69.6 Å². The van der Waals surface area contributed by atoms with Gasteiger partial charge >= 0.3 is 6.09 Å². The summed E-state index contributed by atoms with van der Waals surface area (Å²) in [6, 6.07) is -0.412. The average Bonchev–Trinajstić information content (AvgIpc) is 2.96. The van der Waals surface area contributed by atoms with E-state index in [0.717, 1.165) is 6.42 Å². The second kappa shape index (κ2) is 15.3. The summed E-state index contributed by atoms with van der Waals surface area (Å²) in [7, 11) is 1.66. The van der Waals surface area contributed by atoms with Crippen molar-refractivity contribution < 1.29 is 28.6 Å². The molecule has 1 unspecified atom stereocenters. The van der Waals surface area contributed by atoms with Crippen molar-refractivity contribution in [3.05, 3.63) is 17.6 Å². The molecule has 3 heterocycles. The maximum Gasteiger partial charge on any atom is 0.410 e. The number of anilines is 1. The first-order valence-electron chi connectivity index (χ1n) is 15.9. The summed E-state index contributed by atoms with van der Waals surface area (Å²) in [5.41, 5.74) is -0.648. The van der Waals surface area contributed by atoms with E-state index in [1.165, 1.54) is 0 Å². The molecule has 12 heteroatoms. The summed E-state index contributed by atoms with van der Waals surface area (Å²) in [5, 5.41) is 3.34. The number of morpholine rings is 1. The lowest BCUT2D eigenvalue weighted by atomic mass is 9.91. The molecular weight excluding hydrogens is 564 g/mol. The number of hydrogen-bond donors (Lipinski definition) is 1. The van der Waals surface area contributed by atoms with Crippen LogP contribution >= 0.6 is 0 Å². The fraction of sp³-hybridized carbons (Fsp3) is 0.781. The van der Waals surface area contributed by atoms with Gasteiger partial charge in [-0.1, -0.05) is 34.6 Å². The first-order chi connectivity index (χ1) is 20.6. The number of carbonyl (C=O) groups excluding carboxylic acids is 3. The number of methoxy groups -OCH3 is 1. The zero-order valence-electron chi connectivity index (χ0n) is 28.3. The highest BCUT2D eigenvalue weighted by molar-refractivity contribution is 5.98. The summed E-state index contributed by atoms with van der Waals surface area (Å²) >= 11 is 0. The molecule has 0 aromatic carbocycles. The van der Waals surface area contributed by atoms with Crippen LogP contribution in [0.1, 0.15) is 84.4 Å². The molecule has 44 heavy (non-hydrogen) atoms. The maximum absolute atomic E-state index is 14.5. The SMILES string of the molecule is COCCCNc1nc(C(C)(C)C)ncc1C(=O)N(CC(C)C)C1C[C@@H](C(=O)N2CCOCC2)CN(C(=O)OC(C)(C)C)C1. The maximum atomic E-state index is 14.5. The van der Waals surface area contributed by atoms with Gasteiger partial charge < -0.3 is 34.2 Å². The van der Waals surface area contributed by atoms with Gasteiger partial charge in [-0.2, -0.15) is 0 Å². The van der Waals surface area contributed by atoms with Crippen LogP contribution in [0.5, 0.6) is 0 Å². The van der Waals surface area contributed by atoms with Crippen molar-refractivity contribution in [1.29, 1.82) is 0 Å². The van der Waals surface area contributed by atoms with Gasteiger partial charge in [0.15, 0.2) is 0 Å². The lowest BCUT2D eigenvalue weighted by Crippen LogP contribution is -2.58. The number of piperidine rings is 1. The minimum absolute atomic E-state index is 0.0260. The molecule has 12 nitrogen and oxygen atoms in total. The van der Waals surface area contributed by atoms with Crippen molar-refractivity contribution in [3.63, 3.8) is 0 Å². The van der Waals surface area contributed by atoms with Crippen LogP contribution in [0.25, 0.3) is 0 Å². The Labute approximate surface area is 263 Å². The van der Waals surface area contributed by atoms with E-state index in [9.17, 15) is 14.4 Å². The van der Waals surface area contributed by atoms with E-state index in [1.807, 2.05) is 55.4 Å². The van der Waals surface area contributed by atoms with Crippen LogP contribution in [0.2, 0.25) is 0 Å². The Kier molecular flexibility index (Phi) is 12.4. The van der Waals surface area contributed by atoms with Crippen molar-refractivity contribution in [2.24, 2.45) is 11.8 Å². The van der Waals surface area contributed by atoms with Crippen molar-refractivity contribution in [2.45, 2.75) is 85.3 Å². The third kappa shape index (κ3) is 10.0. The number of nitrogens with one attached hydrogen (secondary N) is 1. The van der Waals surface area contributed by atoms with E-state index in [-0.39, 0.29) is 36.2 Å². The number of hydrogen-bond acceptors (Lipinski definition) is 9. The van der Waals surface area contributed by atoms with Gasteiger partial charge in [0, 0.05) is 64.6 Å². The Balaban J connectivity index is 1.99. The molecule has 0 aliphatic carbocycles. The van der Waals surface area contributed by atoms with E-state index in [2.05, 4.69) is 10.3 Å². The number of ether oxygens (including phenoxy) is 3. The van der Waals surface area contributed by atoms with Gasteiger partial charge in [0.1, 0.15) is 22.8 Å². The average molecular weight is 619 g/mol. The standard InChI is InChI=1S/C32H54N6O6/c1-22(2)19-38(28(40)25-18-34-29(31(3,4)5)35-26(25)33-11-10-14-42-9)24-17-23(27(39)36-12-15-43-16-13-36)20-37(21-24)30(41)44-32(6,7)8/h18,22-24H,10-17,19-21H2,1-9H3,(H,33,34,35)/t23-,24?/m1/s1. The van der Waals surface area contributed by atoms with Crippen LogP contribution in [0.4, 0.5) is 10.6 Å². The minimum Gasteiger partial charge on any atom is -0.444 e. The molecule has 0 radical (unpaired) electrons. The predicted octanol–water partition coefficient (Wildman–Crippen LogP) is 3.81. The molecule has 3 rings (SSSR count).